The number of amides is 2. The van der Waals surface area contributed by atoms with Gasteiger partial charge < -0.3 is 10.2 Å². The van der Waals surface area contributed by atoms with Crippen molar-refractivity contribution in [1.82, 2.24) is 10.2 Å². The minimum Gasteiger partial charge on any atom is -0.357 e. The lowest BCUT2D eigenvalue weighted by atomic mass is 10.1. The number of nitrogens with one attached hydrogen (secondary N) is 1. The van der Waals surface area contributed by atoms with Crippen LogP contribution in [0.2, 0.25) is 0 Å². The first-order valence-corrected chi connectivity index (χ1v) is 3.94. The highest BCUT2D eigenvalue weighted by Gasteiger charge is 2.30. The van der Waals surface area contributed by atoms with E-state index >= 15 is 0 Å². The lowest BCUT2D eigenvalue weighted by Crippen LogP contribution is -2.44. The Morgan fingerprint density at radius 2 is 2.25 bits per heavy atom. The lowest BCUT2D eigenvalue weighted by molar-refractivity contribution is -0.124. The minimum absolute atomic E-state index is 0.133. The van der Waals surface area contributed by atoms with Gasteiger partial charge in [-0.1, -0.05) is 0 Å². The maximum atomic E-state index is 11.2. The molecule has 12 heavy (non-hydrogen) atoms. The van der Waals surface area contributed by atoms with Crippen molar-refractivity contribution in [2.24, 2.45) is 0 Å². The van der Waals surface area contributed by atoms with Crippen molar-refractivity contribution in [2.75, 3.05) is 13.6 Å². The van der Waals surface area contributed by atoms with Gasteiger partial charge in [0, 0.05) is 13.6 Å². The van der Waals surface area contributed by atoms with Crippen LogP contribution in [0.4, 0.5) is 4.79 Å². The molecule has 1 saturated heterocycles. The molecule has 0 aromatic carbocycles. The second-order valence-electron chi connectivity index (χ2n) is 2.80. The molecule has 1 heterocycles. The molecule has 1 unspecified atom stereocenters. The van der Waals surface area contributed by atoms with Gasteiger partial charge >= 0.3 is 0 Å². The number of carbonyl (C=O) groups excluding carboxylic acids is 2. The predicted molar refractivity (Wildman–Crippen MR) is 44.9 cm³/mol. The number of hydrogen-bond acceptors (Lipinski definition) is 2. The van der Waals surface area contributed by atoms with Crippen LogP contribution in [0.5, 0.6) is 0 Å². The summed E-state index contributed by atoms with van der Waals surface area (Å²) >= 11 is 0. The average molecular weight is 166 g/mol. The van der Waals surface area contributed by atoms with Crippen molar-refractivity contribution in [3.05, 3.63) is 0 Å². The van der Waals surface area contributed by atoms with Crippen LogP contribution in [0.25, 0.3) is 0 Å². The molecule has 0 aliphatic carbocycles. The number of nitrogens with zero attached hydrogens (tertiary/aromatic N) is 1. The van der Waals surface area contributed by atoms with Crippen LogP contribution < -0.4 is 5.32 Å². The fourth-order valence-corrected chi connectivity index (χ4v) is 1.47. The van der Waals surface area contributed by atoms with E-state index in [1.807, 2.05) is 0 Å². The van der Waals surface area contributed by atoms with E-state index < -0.39 is 5.81 Å². The van der Waals surface area contributed by atoms with E-state index in [2.05, 4.69) is 5.32 Å². The van der Waals surface area contributed by atoms with Gasteiger partial charge in [-0.05, 0) is 12.8 Å². The molecular weight excluding hydrogens is 155 g/mol. The summed E-state index contributed by atoms with van der Waals surface area (Å²) in [5.74, 6) is -0.646. The van der Waals surface area contributed by atoms with Crippen molar-refractivity contribution in [3.63, 3.8) is 0 Å². The summed E-state index contributed by atoms with van der Waals surface area (Å²) in [7, 11) is 6.64. The van der Waals surface area contributed by atoms with Crippen LogP contribution in [-0.2, 0) is 4.79 Å². The average Bonchev–Trinajstić information content (AvgIpc) is 2.50. The zero-order valence-corrected chi connectivity index (χ0v) is 7.04. The fourth-order valence-electron chi connectivity index (χ4n) is 1.47. The van der Waals surface area contributed by atoms with Gasteiger partial charge in [0.1, 0.15) is 6.04 Å². The van der Waals surface area contributed by atoms with Crippen LogP contribution in [0.3, 0.4) is 0 Å². The summed E-state index contributed by atoms with van der Waals surface area (Å²) in [4.78, 5) is 23.4. The van der Waals surface area contributed by atoms with Crippen LogP contribution >= 0.6 is 0 Å². The Hall–Kier alpha value is -0.995. The molecule has 1 atom stereocenters. The fraction of sp³-hybridized carbons (Fsp3) is 0.714. The molecule has 0 aromatic rings. The first-order valence-electron chi connectivity index (χ1n) is 3.94. The van der Waals surface area contributed by atoms with Crippen molar-refractivity contribution in [2.45, 2.75) is 18.9 Å². The summed E-state index contributed by atoms with van der Waals surface area (Å²) in [5, 5.41) is 2.50. The standard InChI is InChI=1S/C7H11BN2O2/c1-9-6(11)5-3-2-4-10(5)7(8)12/h5H,2-4H2,1H3,(H,9,11). The third kappa shape index (κ3) is 1.60. The molecule has 4 nitrogen and oxygen atoms in total. The van der Waals surface area contributed by atoms with Gasteiger partial charge in [-0.15, -0.1) is 0 Å². The van der Waals surface area contributed by atoms with Crippen molar-refractivity contribution in [3.8, 4) is 0 Å². The second kappa shape index (κ2) is 3.60. The molecule has 1 aliphatic rings. The molecular formula is C7H11BN2O2. The Morgan fingerprint density at radius 1 is 1.58 bits per heavy atom. The van der Waals surface area contributed by atoms with Gasteiger partial charge in [0.15, 0.2) is 5.81 Å². The number of rotatable bonds is 1. The summed E-state index contributed by atoms with van der Waals surface area (Å²) < 4.78 is 0. The van der Waals surface area contributed by atoms with Gasteiger partial charge in [0.05, 0.1) is 0 Å². The maximum absolute atomic E-state index is 11.2. The molecule has 2 amide bonds. The van der Waals surface area contributed by atoms with E-state index in [0.29, 0.717) is 13.0 Å². The van der Waals surface area contributed by atoms with Crippen LogP contribution in [-0.4, -0.2) is 44.1 Å². The molecule has 1 rings (SSSR count). The smallest absolute Gasteiger partial charge is 0.242 e. The summed E-state index contributed by atoms with van der Waals surface area (Å²) in [6, 6.07) is -0.354. The van der Waals surface area contributed by atoms with Gasteiger partial charge in [-0.25, -0.2) is 0 Å². The predicted octanol–water partition coefficient (Wildman–Crippen LogP) is -0.515. The quantitative estimate of drug-likeness (QED) is 0.533. The third-order valence-corrected chi connectivity index (χ3v) is 2.08. The van der Waals surface area contributed by atoms with Crippen molar-refractivity contribution >= 4 is 19.6 Å². The maximum Gasteiger partial charge on any atom is 0.242 e. The zero-order valence-electron chi connectivity index (χ0n) is 7.04. The highest BCUT2D eigenvalue weighted by atomic mass is 16.2. The van der Waals surface area contributed by atoms with Crippen LogP contribution in [0.1, 0.15) is 12.8 Å². The number of likely N-dealkylation sites (N-methyl/N-ethyl adjacent to an activating group) is 1. The number of likely N-dealkylation sites (tertiary alicyclic amines) is 1. The third-order valence-electron chi connectivity index (χ3n) is 2.08. The van der Waals surface area contributed by atoms with Crippen LogP contribution in [0.15, 0.2) is 0 Å². The number of carbonyl (C=O) groups is 2. The zero-order chi connectivity index (χ0) is 9.14. The SMILES string of the molecule is [B]C(=O)N1CCCC1C(=O)NC. The molecule has 1 aliphatic heterocycles. The Labute approximate surface area is 72.7 Å². The molecule has 1 N–H and O–H groups in total. The number of hydrogen-bond donors (Lipinski definition) is 1. The van der Waals surface area contributed by atoms with E-state index in [1.54, 1.807) is 7.05 Å². The lowest BCUT2D eigenvalue weighted by Gasteiger charge is -2.21. The highest BCUT2D eigenvalue weighted by molar-refractivity contribution is 6.57. The second-order valence-corrected chi connectivity index (χ2v) is 2.80. The molecule has 5 heteroatoms. The summed E-state index contributed by atoms with van der Waals surface area (Å²) in [5.41, 5.74) is 0. The van der Waals surface area contributed by atoms with Crippen molar-refractivity contribution in [1.29, 1.82) is 0 Å². The van der Waals surface area contributed by atoms with Crippen LogP contribution in [0, 0.1) is 0 Å². The van der Waals surface area contributed by atoms with E-state index in [-0.39, 0.29) is 11.9 Å². The van der Waals surface area contributed by atoms with Gasteiger partial charge in [0.2, 0.25) is 13.8 Å². The normalized spacial score (nSPS) is 22.4. The van der Waals surface area contributed by atoms with E-state index in [0.717, 1.165) is 6.42 Å². The van der Waals surface area contributed by atoms with E-state index in [9.17, 15) is 9.59 Å². The molecule has 0 spiro atoms. The Bertz CT molecular complexity index is 208. The Morgan fingerprint density at radius 3 is 2.75 bits per heavy atom. The first-order chi connectivity index (χ1) is 5.66. The monoisotopic (exact) mass is 166 g/mol. The minimum atomic E-state index is -0.513. The molecule has 0 saturated carbocycles. The largest absolute Gasteiger partial charge is 0.357 e. The molecule has 0 bridgehead atoms. The van der Waals surface area contributed by atoms with Gasteiger partial charge in [-0.3, -0.25) is 9.59 Å². The van der Waals surface area contributed by atoms with E-state index in [4.69, 9.17) is 7.85 Å². The summed E-state index contributed by atoms with van der Waals surface area (Å²) in [6.07, 6.45) is 1.56. The first kappa shape index (κ1) is 9.10. The highest BCUT2D eigenvalue weighted by Crippen LogP contribution is 2.16. The molecule has 1 fully saturated rings. The topological polar surface area (TPSA) is 49.4 Å². The molecule has 0 aromatic heterocycles. The van der Waals surface area contributed by atoms with E-state index in [1.165, 1.54) is 4.90 Å². The summed E-state index contributed by atoms with van der Waals surface area (Å²) in [6.45, 7) is 0.591. The molecule has 64 valence electrons. The Balaban J connectivity index is 2.63. The van der Waals surface area contributed by atoms with Gasteiger partial charge in [0.25, 0.3) is 0 Å². The van der Waals surface area contributed by atoms with Gasteiger partial charge in [-0.2, -0.15) is 0 Å². The molecule has 2 radical (unpaired) electrons. The Kier molecular flexibility index (Phi) is 2.73. The van der Waals surface area contributed by atoms with Crippen molar-refractivity contribution < 1.29 is 9.59 Å².